The first kappa shape index (κ1) is 11.3. The molecule has 0 spiro atoms. The van der Waals surface area contributed by atoms with Crippen LogP contribution in [0, 0.1) is 0 Å². The number of carbonyl (C=O) groups is 1. The number of amides is 2. The minimum Gasteiger partial charge on any atom is -0.434 e. The van der Waals surface area contributed by atoms with Crippen LogP contribution in [-0.4, -0.2) is 12.6 Å². The van der Waals surface area contributed by atoms with Crippen molar-refractivity contribution in [2.75, 3.05) is 16.8 Å². The molecule has 0 radical (unpaired) electrons. The van der Waals surface area contributed by atoms with Crippen molar-refractivity contribution < 1.29 is 9.21 Å². The van der Waals surface area contributed by atoms with Crippen LogP contribution >= 0.6 is 15.9 Å². The van der Waals surface area contributed by atoms with Gasteiger partial charge in [-0.1, -0.05) is 18.2 Å². The molecule has 1 N–H and O–H groups in total. The largest absolute Gasteiger partial charge is 0.434 e. The van der Waals surface area contributed by atoms with E-state index in [9.17, 15) is 4.79 Å². The Balaban J connectivity index is 1.78. The zero-order chi connectivity index (χ0) is 12.5. The summed E-state index contributed by atoms with van der Waals surface area (Å²) in [6, 6.07) is 11.2. The quantitative estimate of drug-likeness (QED) is 0.874. The molecule has 3 rings (SSSR count). The molecule has 0 aliphatic carbocycles. The number of halogens is 1. The smallest absolute Gasteiger partial charge is 0.328 e. The highest BCUT2D eigenvalue weighted by atomic mass is 79.9. The van der Waals surface area contributed by atoms with Crippen molar-refractivity contribution in [1.29, 1.82) is 0 Å². The van der Waals surface area contributed by atoms with Crippen molar-refractivity contribution in [2.24, 2.45) is 0 Å². The minimum absolute atomic E-state index is 0.165. The van der Waals surface area contributed by atoms with Crippen LogP contribution in [0.1, 0.15) is 5.56 Å². The number of rotatable bonds is 1. The Kier molecular flexibility index (Phi) is 2.83. The molecule has 1 aliphatic rings. The van der Waals surface area contributed by atoms with Gasteiger partial charge in [0.15, 0.2) is 4.67 Å². The third-order valence-corrected chi connectivity index (χ3v) is 3.36. The molecule has 18 heavy (non-hydrogen) atoms. The summed E-state index contributed by atoms with van der Waals surface area (Å²) in [6.07, 6.45) is 0.894. The summed E-state index contributed by atoms with van der Waals surface area (Å²) < 4.78 is 5.86. The molecule has 2 amide bonds. The highest BCUT2D eigenvalue weighted by Crippen LogP contribution is 2.28. The maximum absolute atomic E-state index is 12.1. The molecule has 5 heteroatoms. The standard InChI is InChI=1S/C13H11BrN2O2/c14-11-5-6-12(18-11)15-13(17)16-8-7-9-3-1-2-4-10(9)16/h1-6H,7-8H2,(H,15,17). The molecule has 4 nitrogen and oxygen atoms in total. The number of nitrogens with zero attached hydrogens (tertiary/aromatic N) is 1. The van der Waals surface area contributed by atoms with Gasteiger partial charge in [0, 0.05) is 18.3 Å². The maximum Gasteiger partial charge on any atom is 0.328 e. The molecular formula is C13H11BrN2O2. The summed E-state index contributed by atoms with van der Waals surface area (Å²) in [5, 5.41) is 2.74. The summed E-state index contributed by atoms with van der Waals surface area (Å²) >= 11 is 3.20. The van der Waals surface area contributed by atoms with Crippen LogP contribution in [0.25, 0.3) is 0 Å². The fourth-order valence-electron chi connectivity index (χ4n) is 2.10. The fourth-order valence-corrected chi connectivity index (χ4v) is 2.41. The van der Waals surface area contributed by atoms with Crippen LogP contribution in [0.5, 0.6) is 0 Å². The van der Waals surface area contributed by atoms with Crippen LogP contribution in [-0.2, 0) is 6.42 Å². The predicted octanol–water partition coefficient (Wildman–Crippen LogP) is 3.64. The summed E-state index contributed by atoms with van der Waals surface area (Å²) in [5.41, 5.74) is 2.17. The average Bonchev–Trinajstić information content (AvgIpc) is 2.95. The van der Waals surface area contributed by atoms with Gasteiger partial charge in [-0.15, -0.1) is 0 Å². The second-order valence-electron chi connectivity index (χ2n) is 4.06. The lowest BCUT2D eigenvalue weighted by molar-refractivity contribution is 0.257. The first-order valence-corrected chi connectivity index (χ1v) is 6.45. The van der Waals surface area contributed by atoms with E-state index in [4.69, 9.17) is 4.42 Å². The van der Waals surface area contributed by atoms with Gasteiger partial charge in [0.1, 0.15) is 0 Å². The number of hydrogen-bond donors (Lipinski definition) is 1. The monoisotopic (exact) mass is 306 g/mol. The summed E-state index contributed by atoms with van der Waals surface area (Å²) in [5.74, 6) is 0.441. The Morgan fingerprint density at radius 1 is 1.28 bits per heavy atom. The molecule has 2 aromatic rings. The van der Waals surface area contributed by atoms with Crippen molar-refractivity contribution in [3.63, 3.8) is 0 Å². The molecule has 0 atom stereocenters. The van der Waals surface area contributed by atoms with Crippen molar-refractivity contribution in [2.45, 2.75) is 6.42 Å². The van der Waals surface area contributed by atoms with E-state index in [1.54, 1.807) is 17.0 Å². The number of anilines is 2. The van der Waals surface area contributed by atoms with Gasteiger partial charge in [0.2, 0.25) is 5.88 Å². The third-order valence-electron chi connectivity index (χ3n) is 2.94. The number of benzene rings is 1. The number of hydrogen-bond acceptors (Lipinski definition) is 2. The van der Waals surface area contributed by atoms with E-state index in [1.807, 2.05) is 24.3 Å². The van der Waals surface area contributed by atoms with Crippen molar-refractivity contribution in [3.8, 4) is 0 Å². The fraction of sp³-hybridized carbons (Fsp3) is 0.154. The van der Waals surface area contributed by atoms with Crippen molar-refractivity contribution in [1.82, 2.24) is 0 Å². The molecule has 1 aromatic carbocycles. The second kappa shape index (κ2) is 4.49. The van der Waals surface area contributed by atoms with E-state index in [-0.39, 0.29) is 6.03 Å². The topological polar surface area (TPSA) is 45.5 Å². The molecular weight excluding hydrogens is 296 g/mol. The molecule has 1 aliphatic heterocycles. The van der Waals surface area contributed by atoms with Gasteiger partial charge in [-0.25, -0.2) is 4.79 Å². The van der Waals surface area contributed by atoms with Gasteiger partial charge < -0.3 is 4.42 Å². The third kappa shape index (κ3) is 2.01. The zero-order valence-corrected chi connectivity index (χ0v) is 11.1. The summed E-state index contributed by atoms with van der Waals surface area (Å²) in [6.45, 7) is 0.701. The molecule has 0 fully saturated rings. The van der Waals surface area contributed by atoms with Crippen LogP contribution in [0.15, 0.2) is 45.5 Å². The van der Waals surface area contributed by atoms with E-state index in [0.717, 1.165) is 12.1 Å². The zero-order valence-electron chi connectivity index (χ0n) is 9.52. The number of nitrogens with one attached hydrogen (secondary N) is 1. The van der Waals surface area contributed by atoms with E-state index >= 15 is 0 Å². The molecule has 0 bridgehead atoms. The number of urea groups is 1. The first-order chi connectivity index (χ1) is 8.74. The van der Waals surface area contributed by atoms with Crippen LogP contribution in [0.3, 0.4) is 0 Å². The Morgan fingerprint density at radius 2 is 2.11 bits per heavy atom. The first-order valence-electron chi connectivity index (χ1n) is 5.66. The van der Waals surface area contributed by atoms with Gasteiger partial charge in [-0.3, -0.25) is 10.2 Å². The molecule has 0 unspecified atom stereocenters. The van der Waals surface area contributed by atoms with E-state index in [2.05, 4.69) is 21.2 Å². The second-order valence-corrected chi connectivity index (χ2v) is 4.85. The van der Waals surface area contributed by atoms with E-state index in [1.165, 1.54) is 5.56 Å². The maximum atomic E-state index is 12.1. The van der Waals surface area contributed by atoms with Gasteiger partial charge in [-0.2, -0.15) is 0 Å². The molecule has 0 saturated heterocycles. The predicted molar refractivity (Wildman–Crippen MR) is 72.9 cm³/mol. The van der Waals surface area contributed by atoms with Crippen LogP contribution in [0.4, 0.5) is 16.4 Å². The number of fused-ring (bicyclic) bond motifs is 1. The summed E-state index contributed by atoms with van der Waals surface area (Å²) in [4.78, 5) is 13.9. The van der Waals surface area contributed by atoms with Crippen LogP contribution < -0.4 is 10.2 Å². The molecule has 2 heterocycles. The summed E-state index contributed by atoms with van der Waals surface area (Å²) in [7, 11) is 0. The van der Waals surface area contributed by atoms with Gasteiger partial charge in [0.05, 0.1) is 0 Å². The number of para-hydroxylation sites is 1. The molecule has 1 aromatic heterocycles. The van der Waals surface area contributed by atoms with Gasteiger partial charge >= 0.3 is 6.03 Å². The Bertz CT molecular complexity index is 594. The molecule has 92 valence electrons. The Morgan fingerprint density at radius 3 is 2.89 bits per heavy atom. The number of carbonyl (C=O) groups excluding carboxylic acids is 1. The van der Waals surface area contributed by atoms with Crippen LogP contribution in [0.2, 0.25) is 0 Å². The molecule has 0 saturated carbocycles. The van der Waals surface area contributed by atoms with Gasteiger partial charge in [-0.05, 0) is 40.0 Å². The lowest BCUT2D eigenvalue weighted by atomic mass is 10.2. The SMILES string of the molecule is O=C(Nc1ccc(Br)o1)N1CCc2ccccc21. The van der Waals surface area contributed by atoms with E-state index in [0.29, 0.717) is 17.1 Å². The lowest BCUT2D eigenvalue weighted by Gasteiger charge is -2.16. The lowest BCUT2D eigenvalue weighted by Crippen LogP contribution is -2.33. The normalized spacial score (nSPS) is 13.5. The average molecular weight is 307 g/mol. The highest BCUT2D eigenvalue weighted by Gasteiger charge is 2.24. The van der Waals surface area contributed by atoms with Crippen molar-refractivity contribution in [3.05, 3.63) is 46.6 Å². The van der Waals surface area contributed by atoms with Gasteiger partial charge in [0.25, 0.3) is 0 Å². The minimum atomic E-state index is -0.165. The van der Waals surface area contributed by atoms with Crippen molar-refractivity contribution >= 4 is 33.5 Å². The number of furan rings is 1. The van der Waals surface area contributed by atoms with E-state index < -0.39 is 0 Å². The Labute approximate surface area is 113 Å². The highest BCUT2D eigenvalue weighted by molar-refractivity contribution is 9.10. The Hall–Kier alpha value is -1.75.